The first-order valence-corrected chi connectivity index (χ1v) is 9.31. The SMILES string of the molecule is Cc1ccc(C(=O)N2CCN(CCCOc3ccc(C)c(C)c3)CC2)o1. The number of ether oxygens (including phenoxy) is 1. The average molecular weight is 356 g/mol. The van der Waals surface area contributed by atoms with Gasteiger partial charge in [-0.3, -0.25) is 9.69 Å². The van der Waals surface area contributed by atoms with Crippen LogP contribution in [0.2, 0.25) is 0 Å². The van der Waals surface area contributed by atoms with Gasteiger partial charge in [-0.05, 0) is 62.6 Å². The van der Waals surface area contributed by atoms with Crippen LogP contribution in [0.1, 0.15) is 33.9 Å². The lowest BCUT2D eigenvalue weighted by atomic mass is 10.1. The molecule has 0 atom stereocenters. The molecule has 1 saturated heterocycles. The number of carbonyl (C=O) groups is 1. The zero-order valence-corrected chi connectivity index (χ0v) is 16.0. The Hall–Kier alpha value is -2.27. The van der Waals surface area contributed by atoms with E-state index in [0.717, 1.165) is 50.7 Å². The third kappa shape index (κ3) is 4.67. The summed E-state index contributed by atoms with van der Waals surface area (Å²) in [5, 5.41) is 0. The molecule has 0 saturated carbocycles. The Labute approximate surface area is 155 Å². The number of hydrogen-bond donors (Lipinski definition) is 0. The second-order valence-corrected chi connectivity index (χ2v) is 6.99. The molecule has 0 aliphatic carbocycles. The van der Waals surface area contributed by atoms with Crippen molar-refractivity contribution in [1.82, 2.24) is 9.80 Å². The number of aryl methyl sites for hydroxylation is 3. The van der Waals surface area contributed by atoms with Crippen molar-refractivity contribution in [3.05, 3.63) is 53.0 Å². The second kappa shape index (κ2) is 8.41. The van der Waals surface area contributed by atoms with Gasteiger partial charge in [0.15, 0.2) is 5.76 Å². The molecule has 0 spiro atoms. The first-order chi connectivity index (χ1) is 12.5. The first-order valence-electron chi connectivity index (χ1n) is 9.31. The van der Waals surface area contributed by atoms with E-state index in [1.165, 1.54) is 11.1 Å². The van der Waals surface area contributed by atoms with E-state index in [4.69, 9.17) is 9.15 Å². The highest BCUT2D eigenvalue weighted by Crippen LogP contribution is 2.17. The first kappa shape index (κ1) is 18.5. The smallest absolute Gasteiger partial charge is 0.289 e. The molecule has 1 aliphatic rings. The van der Waals surface area contributed by atoms with E-state index < -0.39 is 0 Å². The van der Waals surface area contributed by atoms with Crippen molar-refractivity contribution in [3.8, 4) is 5.75 Å². The number of hydrogen-bond acceptors (Lipinski definition) is 4. The van der Waals surface area contributed by atoms with E-state index in [2.05, 4.69) is 30.9 Å². The van der Waals surface area contributed by atoms with Gasteiger partial charge in [-0.25, -0.2) is 0 Å². The Kier molecular flexibility index (Phi) is 5.99. The summed E-state index contributed by atoms with van der Waals surface area (Å²) in [4.78, 5) is 16.6. The summed E-state index contributed by atoms with van der Waals surface area (Å²) in [5.74, 6) is 2.15. The summed E-state index contributed by atoms with van der Waals surface area (Å²) in [5.41, 5.74) is 2.55. The molecule has 2 aromatic rings. The minimum atomic E-state index is -0.00387. The van der Waals surface area contributed by atoms with E-state index in [-0.39, 0.29) is 5.91 Å². The molecule has 5 nitrogen and oxygen atoms in total. The van der Waals surface area contributed by atoms with E-state index in [1.54, 1.807) is 6.07 Å². The van der Waals surface area contributed by atoms with Crippen molar-refractivity contribution in [3.63, 3.8) is 0 Å². The zero-order valence-electron chi connectivity index (χ0n) is 16.0. The minimum absolute atomic E-state index is 0.00387. The van der Waals surface area contributed by atoms with Crippen LogP contribution >= 0.6 is 0 Å². The fourth-order valence-corrected chi connectivity index (χ4v) is 3.16. The number of piperazine rings is 1. The average Bonchev–Trinajstić information content (AvgIpc) is 3.08. The number of rotatable bonds is 6. The molecule has 2 heterocycles. The van der Waals surface area contributed by atoms with Crippen molar-refractivity contribution in [1.29, 1.82) is 0 Å². The van der Waals surface area contributed by atoms with Crippen molar-refractivity contribution in [2.75, 3.05) is 39.3 Å². The van der Waals surface area contributed by atoms with Gasteiger partial charge in [-0.15, -0.1) is 0 Å². The van der Waals surface area contributed by atoms with Gasteiger partial charge in [0.1, 0.15) is 11.5 Å². The second-order valence-electron chi connectivity index (χ2n) is 6.99. The molecule has 5 heteroatoms. The maximum Gasteiger partial charge on any atom is 0.289 e. The molecule has 1 fully saturated rings. The lowest BCUT2D eigenvalue weighted by Crippen LogP contribution is -2.48. The summed E-state index contributed by atoms with van der Waals surface area (Å²) in [6.07, 6.45) is 0.984. The van der Waals surface area contributed by atoms with Gasteiger partial charge < -0.3 is 14.1 Å². The normalized spacial score (nSPS) is 15.3. The zero-order chi connectivity index (χ0) is 18.5. The molecule has 0 N–H and O–H groups in total. The maximum absolute atomic E-state index is 12.4. The van der Waals surface area contributed by atoms with E-state index >= 15 is 0 Å². The van der Waals surface area contributed by atoms with E-state index in [0.29, 0.717) is 12.4 Å². The summed E-state index contributed by atoms with van der Waals surface area (Å²) in [7, 11) is 0. The Balaban J connectivity index is 1.36. The van der Waals surface area contributed by atoms with Crippen LogP contribution in [0.25, 0.3) is 0 Å². The van der Waals surface area contributed by atoms with Crippen LogP contribution in [0.4, 0.5) is 0 Å². The number of amides is 1. The van der Waals surface area contributed by atoms with Gasteiger partial charge in [0, 0.05) is 32.7 Å². The highest BCUT2D eigenvalue weighted by Gasteiger charge is 2.23. The predicted octanol–water partition coefficient (Wildman–Crippen LogP) is 3.43. The van der Waals surface area contributed by atoms with Crippen LogP contribution in [-0.2, 0) is 0 Å². The van der Waals surface area contributed by atoms with Crippen molar-refractivity contribution in [2.24, 2.45) is 0 Å². The monoisotopic (exact) mass is 356 g/mol. The summed E-state index contributed by atoms with van der Waals surface area (Å²) < 4.78 is 11.3. The van der Waals surface area contributed by atoms with Crippen LogP contribution < -0.4 is 4.74 Å². The van der Waals surface area contributed by atoms with Crippen LogP contribution in [0.3, 0.4) is 0 Å². The fourth-order valence-electron chi connectivity index (χ4n) is 3.16. The van der Waals surface area contributed by atoms with Gasteiger partial charge in [0.2, 0.25) is 0 Å². The van der Waals surface area contributed by atoms with E-state index in [1.807, 2.05) is 24.0 Å². The van der Waals surface area contributed by atoms with Crippen LogP contribution in [0, 0.1) is 20.8 Å². The van der Waals surface area contributed by atoms with Gasteiger partial charge in [0.25, 0.3) is 5.91 Å². The Bertz CT molecular complexity index is 745. The molecule has 1 aliphatic heterocycles. The standard InChI is InChI=1S/C21H28N2O3/c1-16-5-7-19(15-17(16)2)25-14-4-9-22-10-12-23(13-11-22)21(24)20-8-6-18(3)26-20/h5-8,15H,4,9-14H2,1-3H3. The molecule has 3 rings (SSSR count). The Morgan fingerprint density at radius 2 is 1.81 bits per heavy atom. The highest BCUT2D eigenvalue weighted by atomic mass is 16.5. The molecule has 140 valence electrons. The molecular formula is C21H28N2O3. The third-order valence-corrected chi connectivity index (χ3v) is 4.98. The van der Waals surface area contributed by atoms with Gasteiger partial charge in [-0.2, -0.15) is 0 Å². The molecule has 0 radical (unpaired) electrons. The third-order valence-electron chi connectivity index (χ3n) is 4.98. The quantitative estimate of drug-likeness (QED) is 0.744. The number of carbonyl (C=O) groups excluding carboxylic acids is 1. The largest absolute Gasteiger partial charge is 0.494 e. The Morgan fingerprint density at radius 1 is 1.04 bits per heavy atom. The van der Waals surface area contributed by atoms with Crippen molar-refractivity contribution in [2.45, 2.75) is 27.2 Å². The lowest BCUT2D eigenvalue weighted by Gasteiger charge is -2.34. The fraction of sp³-hybridized carbons (Fsp3) is 0.476. The molecule has 1 aromatic carbocycles. The van der Waals surface area contributed by atoms with Crippen molar-refractivity contribution >= 4 is 5.91 Å². The van der Waals surface area contributed by atoms with Crippen molar-refractivity contribution < 1.29 is 13.9 Å². The molecule has 0 unspecified atom stereocenters. The number of benzene rings is 1. The van der Waals surface area contributed by atoms with E-state index in [9.17, 15) is 4.79 Å². The lowest BCUT2D eigenvalue weighted by molar-refractivity contribution is 0.0599. The van der Waals surface area contributed by atoms with Crippen LogP contribution in [-0.4, -0.2) is 55.0 Å². The summed E-state index contributed by atoms with van der Waals surface area (Å²) in [6, 6.07) is 9.81. The predicted molar refractivity (Wildman–Crippen MR) is 102 cm³/mol. The number of nitrogens with zero attached hydrogens (tertiary/aromatic N) is 2. The molecule has 26 heavy (non-hydrogen) atoms. The highest BCUT2D eigenvalue weighted by molar-refractivity contribution is 5.91. The van der Waals surface area contributed by atoms with Crippen LogP contribution in [0.15, 0.2) is 34.7 Å². The molecule has 0 bridgehead atoms. The van der Waals surface area contributed by atoms with Gasteiger partial charge in [-0.1, -0.05) is 6.07 Å². The molecule has 1 amide bonds. The number of furan rings is 1. The molecular weight excluding hydrogens is 328 g/mol. The van der Waals surface area contributed by atoms with Crippen LogP contribution in [0.5, 0.6) is 5.75 Å². The van der Waals surface area contributed by atoms with Gasteiger partial charge >= 0.3 is 0 Å². The van der Waals surface area contributed by atoms with Gasteiger partial charge in [0.05, 0.1) is 6.61 Å². The summed E-state index contributed by atoms with van der Waals surface area (Å²) in [6.45, 7) is 11.1. The summed E-state index contributed by atoms with van der Waals surface area (Å²) >= 11 is 0. The topological polar surface area (TPSA) is 45.9 Å². The maximum atomic E-state index is 12.4. The molecule has 1 aromatic heterocycles. The Morgan fingerprint density at radius 3 is 2.46 bits per heavy atom. The minimum Gasteiger partial charge on any atom is -0.494 e.